The van der Waals surface area contributed by atoms with Gasteiger partial charge in [-0.05, 0) is 24.8 Å². The maximum atomic E-state index is 12.3. The molecule has 94 valence electrons. The fraction of sp³-hybridized carbons (Fsp3) is 0.462. The zero-order valence-electron chi connectivity index (χ0n) is 10.3. The van der Waals surface area contributed by atoms with E-state index >= 15 is 0 Å². The molecular weight excluding hydrogens is 234 g/mol. The van der Waals surface area contributed by atoms with Crippen LogP contribution in [-0.4, -0.2) is 41.9 Å². The number of carbonyl (C=O) groups is 1. The van der Waals surface area contributed by atoms with Crippen molar-refractivity contribution in [3.05, 3.63) is 29.8 Å². The summed E-state index contributed by atoms with van der Waals surface area (Å²) in [4.78, 5) is 15.0. The molecule has 0 bridgehead atoms. The Kier molecular flexibility index (Phi) is 6.08. The van der Waals surface area contributed by atoms with Crippen molar-refractivity contribution in [1.82, 2.24) is 4.90 Å². The summed E-state index contributed by atoms with van der Waals surface area (Å²) < 4.78 is 0. The summed E-state index contributed by atoms with van der Waals surface area (Å²) in [6.07, 6.45) is 2.86. The molecule has 1 N–H and O–H groups in total. The third kappa shape index (κ3) is 3.75. The normalized spacial score (nSPS) is 10.3. The van der Waals surface area contributed by atoms with Gasteiger partial charge in [0.15, 0.2) is 0 Å². The first-order valence-corrected chi connectivity index (χ1v) is 7.00. The molecule has 1 amide bonds. The van der Waals surface area contributed by atoms with Crippen LogP contribution in [0.4, 0.5) is 0 Å². The minimum absolute atomic E-state index is 0.00542. The largest absolute Gasteiger partial charge is 0.395 e. The van der Waals surface area contributed by atoms with Crippen LogP contribution < -0.4 is 0 Å². The van der Waals surface area contributed by atoms with Crippen LogP contribution in [0.5, 0.6) is 0 Å². The zero-order chi connectivity index (χ0) is 12.7. The van der Waals surface area contributed by atoms with E-state index in [1.807, 2.05) is 37.4 Å². The van der Waals surface area contributed by atoms with Gasteiger partial charge in [0.2, 0.25) is 0 Å². The first-order chi connectivity index (χ1) is 8.24. The molecule has 0 spiro atoms. The second kappa shape index (κ2) is 7.35. The Morgan fingerprint density at radius 1 is 1.35 bits per heavy atom. The summed E-state index contributed by atoms with van der Waals surface area (Å²) in [5.74, 6) is 0.00542. The summed E-state index contributed by atoms with van der Waals surface area (Å²) in [6, 6.07) is 7.59. The number of rotatable bonds is 6. The maximum Gasteiger partial charge on any atom is 0.255 e. The summed E-state index contributed by atoms with van der Waals surface area (Å²) in [6.45, 7) is 3.11. The number of carbonyl (C=O) groups excluding carboxylic acids is 1. The zero-order valence-corrected chi connectivity index (χ0v) is 11.2. The molecule has 1 rings (SSSR count). The summed E-state index contributed by atoms with van der Waals surface area (Å²) in [5.41, 5.74) is 0.724. The highest BCUT2D eigenvalue weighted by Crippen LogP contribution is 2.21. The van der Waals surface area contributed by atoms with Gasteiger partial charge in [-0.2, -0.15) is 0 Å². The van der Waals surface area contributed by atoms with Gasteiger partial charge in [0, 0.05) is 18.0 Å². The molecule has 3 nitrogen and oxygen atoms in total. The molecule has 0 heterocycles. The second-order valence-electron chi connectivity index (χ2n) is 3.72. The molecular formula is C13H19NO2S. The Morgan fingerprint density at radius 3 is 2.65 bits per heavy atom. The molecule has 0 unspecified atom stereocenters. The van der Waals surface area contributed by atoms with E-state index in [-0.39, 0.29) is 12.5 Å². The lowest BCUT2D eigenvalue weighted by molar-refractivity contribution is 0.0718. The number of benzene rings is 1. The van der Waals surface area contributed by atoms with Crippen LogP contribution in [0.1, 0.15) is 23.7 Å². The van der Waals surface area contributed by atoms with Crippen LogP contribution in [0, 0.1) is 0 Å². The highest BCUT2D eigenvalue weighted by Gasteiger charge is 2.16. The fourth-order valence-corrected chi connectivity index (χ4v) is 2.29. The summed E-state index contributed by atoms with van der Waals surface area (Å²) >= 11 is 1.57. The van der Waals surface area contributed by atoms with Crippen LogP contribution in [-0.2, 0) is 0 Å². The first-order valence-electron chi connectivity index (χ1n) is 5.77. The number of hydrogen-bond acceptors (Lipinski definition) is 3. The Morgan fingerprint density at radius 2 is 2.06 bits per heavy atom. The van der Waals surface area contributed by atoms with Crippen LogP contribution in [0.15, 0.2) is 29.2 Å². The molecule has 4 heteroatoms. The predicted octanol–water partition coefficient (Wildman–Crippen LogP) is 2.25. The molecule has 0 aliphatic carbocycles. The molecule has 0 aliphatic rings. The highest BCUT2D eigenvalue weighted by atomic mass is 32.2. The lowest BCUT2D eigenvalue weighted by atomic mass is 10.2. The van der Waals surface area contributed by atoms with Crippen molar-refractivity contribution in [3.8, 4) is 0 Å². The van der Waals surface area contributed by atoms with Crippen LogP contribution in [0.2, 0.25) is 0 Å². The summed E-state index contributed by atoms with van der Waals surface area (Å²) in [7, 11) is 0. The monoisotopic (exact) mass is 253 g/mol. The van der Waals surface area contributed by atoms with E-state index in [1.54, 1.807) is 16.7 Å². The van der Waals surface area contributed by atoms with Gasteiger partial charge >= 0.3 is 0 Å². The van der Waals surface area contributed by atoms with Crippen molar-refractivity contribution in [2.24, 2.45) is 0 Å². The van der Waals surface area contributed by atoms with Crippen molar-refractivity contribution < 1.29 is 9.90 Å². The fourth-order valence-electron chi connectivity index (χ4n) is 1.70. The van der Waals surface area contributed by atoms with Crippen LogP contribution in [0.3, 0.4) is 0 Å². The number of aliphatic hydroxyl groups is 1. The topological polar surface area (TPSA) is 40.5 Å². The highest BCUT2D eigenvalue weighted by molar-refractivity contribution is 7.98. The van der Waals surface area contributed by atoms with Crippen molar-refractivity contribution in [2.75, 3.05) is 26.0 Å². The predicted molar refractivity (Wildman–Crippen MR) is 71.5 cm³/mol. The number of thioether (sulfide) groups is 1. The van der Waals surface area contributed by atoms with Crippen molar-refractivity contribution >= 4 is 17.7 Å². The Balaban J connectivity index is 2.92. The minimum Gasteiger partial charge on any atom is -0.395 e. The molecule has 0 fully saturated rings. The maximum absolute atomic E-state index is 12.3. The first kappa shape index (κ1) is 14.1. The Labute approximate surface area is 107 Å². The van der Waals surface area contributed by atoms with Crippen LogP contribution in [0.25, 0.3) is 0 Å². The molecule has 0 saturated heterocycles. The Bertz CT molecular complexity index is 362. The third-order valence-corrected chi connectivity index (χ3v) is 3.28. The van der Waals surface area contributed by atoms with E-state index in [0.717, 1.165) is 16.9 Å². The lowest BCUT2D eigenvalue weighted by Gasteiger charge is -2.22. The Hall–Kier alpha value is -1.00. The van der Waals surface area contributed by atoms with Crippen molar-refractivity contribution in [1.29, 1.82) is 0 Å². The number of amides is 1. The smallest absolute Gasteiger partial charge is 0.255 e. The van der Waals surface area contributed by atoms with E-state index in [0.29, 0.717) is 13.1 Å². The number of nitrogens with zero attached hydrogens (tertiary/aromatic N) is 1. The average molecular weight is 253 g/mol. The molecule has 17 heavy (non-hydrogen) atoms. The van der Waals surface area contributed by atoms with E-state index in [9.17, 15) is 4.79 Å². The van der Waals surface area contributed by atoms with Gasteiger partial charge in [0.1, 0.15) is 0 Å². The van der Waals surface area contributed by atoms with Gasteiger partial charge in [-0.15, -0.1) is 11.8 Å². The van der Waals surface area contributed by atoms with Crippen molar-refractivity contribution in [3.63, 3.8) is 0 Å². The molecule has 0 aliphatic heterocycles. The molecule has 0 saturated carbocycles. The van der Waals surface area contributed by atoms with Gasteiger partial charge in [-0.3, -0.25) is 4.79 Å². The van der Waals surface area contributed by atoms with Crippen LogP contribution >= 0.6 is 11.8 Å². The molecule has 1 aromatic rings. The molecule has 1 aromatic carbocycles. The van der Waals surface area contributed by atoms with Crippen molar-refractivity contribution in [2.45, 2.75) is 18.2 Å². The van der Waals surface area contributed by atoms with E-state index in [1.165, 1.54) is 0 Å². The van der Waals surface area contributed by atoms with Gasteiger partial charge < -0.3 is 10.0 Å². The molecule has 0 aromatic heterocycles. The number of hydrogen-bond donors (Lipinski definition) is 1. The second-order valence-corrected chi connectivity index (χ2v) is 4.56. The molecule has 0 atom stereocenters. The average Bonchev–Trinajstić information content (AvgIpc) is 2.37. The lowest BCUT2D eigenvalue weighted by Crippen LogP contribution is -2.34. The van der Waals surface area contributed by atoms with Gasteiger partial charge in [0.25, 0.3) is 5.91 Å². The minimum atomic E-state index is 0.00542. The van der Waals surface area contributed by atoms with Gasteiger partial charge in [0.05, 0.1) is 12.2 Å². The SMILES string of the molecule is CCCN(CCO)C(=O)c1ccccc1SC. The standard InChI is InChI=1S/C13H19NO2S/c1-3-8-14(9-10-15)13(16)11-6-4-5-7-12(11)17-2/h4-7,15H,3,8-10H2,1-2H3. The molecule has 0 radical (unpaired) electrons. The van der Waals surface area contributed by atoms with E-state index in [2.05, 4.69) is 0 Å². The van der Waals surface area contributed by atoms with Gasteiger partial charge in [-0.25, -0.2) is 0 Å². The van der Waals surface area contributed by atoms with E-state index in [4.69, 9.17) is 5.11 Å². The summed E-state index contributed by atoms with van der Waals surface area (Å²) in [5, 5.41) is 8.99. The third-order valence-electron chi connectivity index (χ3n) is 2.49. The van der Waals surface area contributed by atoms with Gasteiger partial charge in [-0.1, -0.05) is 19.1 Å². The number of aliphatic hydroxyl groups excluding tert-OH is 1. The van der Waals surface area contributed by atoms with E-state index < -0.39 is 0 Å². The quantitative estimate of drug-likeness (QED) is 0.791.